The Bertz CT molecular complexity index is 3070. The Morgan fingerprint density at radius 2 is 1.42 bits per heavy atom. The summed E-state index contributed by atoms with van der Waals surface area (Å²) in [6.45, 7) is 10.6. The molecule has 2 nitrogen and oxygen atoms in total. The molecule has 0 fully saturated rings. The Hall–Kier alpha value is -7.78. The van der Waals surface area contributed by atoms with E-state index in [9.17, 15) is 0 Å². The van der Waals surface area contributed by atoms with Crippen LogP contribution in [0.1, 0.15) is 49.8 Å². The molecule has 6 aromatic carbocycles. The lowest BCUT2D eigenvalue weighted by Gasteiger charge is -2.28. The van der Waals surface area contributed by atoms with Gasteiger partial charge in [-0.1, -0.05) is 172 Å². The molecule has 1 unspecified atom stereocenters. The second-order valence-corrected chi connectivity index (χ2v) is 15.0. The minimum atomic E-state index is 0.0177. The van der Waals surface area contributed by atoms with Gasteiger partial charge in [-0.3, -0.25) is 0 Å². The Morgan fingerprint density at radius 1 is 0.726 bits per heavy atom. The van der Waals surface area contributed by atoms with Gasteiger partial charge in [-0.2, -0.15) is 0 Å². The van der Waals surface area contributed by atoms with Crippen LogP contribution >= 0.6 is 0 Å². The van der Waals surface area contributed by atoms with E-state index in [-0.39, 0.29) is 5.92 Å². The smallest absolute Gasteiger partial charge is 0.0636 e. The maximum atomic E-state index is 5.70. The van der Waals surface area contributed by atoms with E-state index in [0.717, 1.165) is 73.6 Å². The van der Waals surface area contributed by atoms with Crippen molar-refractivity contribution in [3.05, 3.63) is 229 Å². The van der Waals surface area contributed by atoms with Gasteiger partial charge >= 0.3 is 0 Å². The summed E-state index contributed by atoms with van der Waals surface area (Å²) in [4.78, 5) is 2.27. The lowest BCUT2D eigenvalue weighted by molar-refractivity contribution is 1.12. The van der Waals surface area contributed by atoms with Crippen LogP contribution in [0.15, 0.2) is 213 Å². The molecule has 0 N–H and O–H groups in total. The fraction of sp³-hybridized carbons (Fsp3) is 0.100. The second-order valence-electron chi connectivity index (χ2n) is 15.0. The van der Waals surface area contributed by atoms with Crippen LogP contribution in [-0.2, 0) is 6.42 Å². The van der Waals surface area contributed by atoms with Crippen LogP contribution in [0.4, 0.5) is 11.4 Å². The number of nitrogens with zero attached hydrogens (tertiary/aromatic N) is 2. The summed E-state index contributed by atoms with van der Waals surface area (Å²) in [5.41, 5.74) is 15.6. The molecule has 300 valence electrons. The molecular weight excluding hydrogens is 749 g/mol. The fourth-order valence-electron chi connectivity index (χ4n) is 8.38. The summed E-state index contributed by atoms with van der Waals surface area (Å²) in [5.74, 6) is 9.63. The van der Waals surface area contributed by atoms with Crippen LogP contribution < -0.4 is 4.90 Å². The maximum absolute atomic E-state index is 5.70. The highest BCUT2D eigenvalue weighted by Crippen LogP contribution is 2.40. The first-order chi connectivity index (χ1) is 30.6. The molecule has 62 heavy (non-hydrogen) atoms. The summed E-state index contributed by atoms with van der Waals surface area (Å²) in [6, 6.07) is 50.4. The van der Waals surface area contributed by atoms with Gasteiger partial charge < -0.3 is 9.47 Å². The minimum Gasteiger partial charge on any atom is -0.311 e. The Balaban J connectivity index is 0.00000261. The number of aromatic nitrogens is 1. The number of fused-ring (bicyclic) bond motifs is 4. The van der Waals surface area contributed by atoms with E-state index in [2.05, 4.69) is 229 Å². The number of hydrogen-bond donors (Lipinski definition) is 0. The van der Waals surface area contributed by atoms with Gasteiger partial charge in [-0.15, -0.1) is 6.42 Å². The summed E-state index contributed by atoms with van der Waals surface area (Å²) in [5, 5.41) is 2.39. The van der Waals surface area contributed by atoms with E-state index in [1.54, 1.807) is 6.08 Å². The highest BCUT2D eigenvalue weighted by molar-refractivity contribution is 6.11. The molecule has 7 aromatic rings. The third-order valence-electron chi connectivity index (χ3n) is 11.3. The highest BCUT2D eigenvalue weighted by Gasteiger charge is 2.19. The van der Waals surface area contributed by atoms with E-state index in [1.807, 2.05) is 19.9 Å². The molecule has 1 aliphatic heterocycles. The van der Waals surface area contributed by atoms with Gasteiger partial charge in [0.1, 0.15) is 0 Å². The van der Waals surface area contributed by atoms with Crippen LogP contribution in [-0.4, -0.2) is 4.57 Å². The number of allylic oxidation sites excluding steroid dienone is 12. The molecule has 1 aromatic heterocycles. The van der Waals surface area contributed by atoms with Crippen LogP contribution in [0.25, 0.3) is 55.3 Å². The molecule has 0 bridgehead atoms. The van der Waals surface area contributed by atoms with Crippen molar-refractivity contribution < 1.29 is 0 Å². The zero-order chi connectivity index (χ0) is 42.8. The summed E-state index contributed by atoms with van der Waals surface area (Å²) >= 11 is 0. The lowest BCUT2D eigenvalue weighted by atomic mass is 9.90. The molecule has 2 aliphatic rings. The van der Waals surface area contributed by atoms with Gasteiger partial charge in [0.05, 0.1) is 22.6 Å². The van der Waals surface area contributed by atoms with Crippen LogP contribution in [0, 0.1) is 24.2 Å². The van der Waals surface area contributed by atoms with Crippen molar-refractivity contribution in [3.63, 3.8) is 0 Å². The van der Waals surface area contributed by atoms with E-state index in [0.29, 0.717) is 6.42 Å². The predicted octanol–water partition coefficient (Wildman–Crippen LogP) is 15.7. The number of para-hydroxylation sites is 2. The SMILES string of the molecule is C#C/C=C\C(=C/C)n1c2ccccc2c2ccc(-c3cc(C4=C/CC#CC(c5ccccc5)/C=C\4)cc(-c4ccc5c(c4)N(c4ccccc4)C(=C)/C=C\C=C/C5)c3)cc21.CC. The van der Waals surface area contributed by atoms with E-state index < -0.39 is 0 Å². The van der Waals surface area contributed by atoms with Crippen molar-refractivity contribution >= 4 is 44.5 Å². The number of anilines is 2. The van der Waals surface area contributed by atoms with Crippen molar-refractivity contribution in [1.82, 2.24) is 4.57 Å². The first-order valence-corrected chi connectivity index (χ1v) is 21.5. The highest BCUT2D eigenvalue weighted by atomic mass is 15.1. The quantitative estimate of drug-likeness (QED) is 0.115. The van der Waals surface area contributed by atoms with Gasteiger partial charge in [-0.05, 0) is 125 Å². The zero-order valence-corrected chi connectivity index (χ0v) is 35.7. The largest absolute Gasteiger partial charge is 0.311 e. The third kappa shape index (κ3) is 8.46. The standard InChI is InChI=1S/C58H44N2.C2H6/c1-4-6-26-52(5-2)60-56-30-19-18-29-54(56)55-36-35-48(41-58(55)60)51-38-49(45-24-17-16-23-44(31-32-45)43-21-11-8-12-22-43)37-50(39-51)47-34-33-46-25-13-7-10-20-42(3)59(57(46)40-47)53-27-14-9-15-28-53;1-2/h1,5-15,18-22,24,26-41,44H,3,17,25H2,2H3;1-2H3/b13-7-,20-10-,26-6-,32-31-,45-24+,52-5+;. The Labute approximate surface area is 367 Å². The van der Waals surface area contributed by atoms with Crippen LogP contribution in [0.2, 0.25) is 0 Å². The van der Waals surface area contributed by atoms with Gasteiger partial charge in [-0.25, -0.2) is 0 Å². The molecule has 0 radical (unpaired) electrons. The van der Waals surface area contributed by atoms with Gasteiger partial charge in [0.25, 0.3) is 0 Å². The molecule has 0 saturated heterocycles. The third-order valence-corrected chi connectivity index (χ3v) is 11.3. The van der Waals surface area contributed by atoms with E-state index >= 15 is 0 Å². The first kappa shape index (κ1) is 41.0. The van der Waals surface area contributed by atoms with Crippen LogP contribution in [0.3, 0.4) is 0 Å². The molecule has 1 aliphatic carbocycles. The fourth-order valence-corrected chi connectivity index (χ4v) is 8.38. The number of benzene rings is 6. The van der Waals surface area contributed by atoms with Crippen molar-refractivity contribution in [2.45, 2.75) is 39.5 Å². The number of hydrogen-bond acceptors (Lipinski definition) is 1. The average molecular weight is 799 g/mol. The molecule has 9 rings (SSSR count). The molecule has 1 atom stereocenters. The molecule has 2 heterocycles. The summed E-state index contributed by atoms with van der Waals surface area (Å²) in [6.07, 6.45) is 28.3. The number of terminal acetylenes is 1. The summed E-state index contributed by atoms with van der Waals surface area (Å²) in [7, 11) is 0. The van der Waals surface area contributed by atoms with E-state index in [4.69, 9.17) is 6.42 Å². The van der Waals surface area contributed by atoms with Crippen molar-refractivity contribution in [2.75, 3.05) is 4.90 Å². The monoisotopic (exact) mass is 798 g/mol. The molecular formula is C60H50N2. The summed E-state index contributed by atoms with van der Waals surface area (Å²) < 4.78 is 2.32. The van der Waals surface area contributed by atoms with Crippen molar-refractivity contribution in [3.8, 4) is 46.4 Å². The topological polar surface area (TPSA) is 8.17 Å². The lowest BCUT2D eigenvalue weighted by Crippen LogP contribution is -2.16. The normalized spacial score (nSPS) is 17.4. The average Bonchev–Trinajstić information content (AvgIpc) is 3.67. The zero-order valence-electron chi connectivity index (χ0n) is 35.7. The predicted molar refractivity (Wildman–Crippen MR) is 268 cm³/mol. The van der Waals surface area contributed by atoms with Gasteiger partial charge in [0, 0.05) is 34.3 Å². The molecule has 0 amide bonds. The maximum Gasteiger partial charge on any atom is 0.0636 e. The molecule has 2 heteroatoms. The number of rotatable bonds is 7. The Kier molecular flexibility index (Phi) is 12.6. The Morgan fingerprint density at radius 3 is 2.19 bits per heavy atom. The van der Waals surface area contributed by atoms with Gasteiger partial charge in [0.15, 0.2) is 0 Å². The van der Waals surface area contributed by atoms with E-state index in [1.165, 1.54) is 21.9 Å². The minimum absolute atomic E-state index is 0.0177. The second kappa shape index (κ2) is 19.1. The van der Waals surface area contributed by atoms with Gasteiger partial charge in [0.2, 0.25) is 0 Å². The van der Waals surface area contributed by atoms with Crippen molar-refractivity contribution in [1.29, 1.82) is 0 Å². The van der Waals surface area contributed by atoms with Crippen LogP contribution in [0.5, 0.6) is 0 Å². The molecule has 0 spiro atoms. The molecule has 0 saturated carbocycles. The first-order valence-electron chi connectivity index (χ1n) is 21.5. The van der Waals surface area contributed by atoms with Crippen molar-refractivity contribution in [2.24, 2.45) is 0 Å².